The van der Waals surface area contributed by atoms with Gasteiger partial charge in [0, 0.05) is 24.5 Å². The number of aromatic hydroxyl groups is 1. The van der Waals surface area contributed by atoms with Crippen LogP contribution in [0.1, 0.15) is 19.3 Å². The van der Waals surface area contributed by atoms with Gasteiger partial charge in [0.1, 0.15) is 12.1 Å². The molecule has 1 saturated heterocycles. The van der Waals surface area contributed by atoms with E-state index in [1.807, 2.05) is 0 Å². The molecule has 2 aromatic rings. The number of hydrogen-bond donors (Lipinski definition) is 1. The lowest BCUT2D eigenvalue weighted by atomic mass is 10.1. The standard InChI is InChI=1S/C14H17N3O2/c1-19-13-8-11-10(7-12(13)18)14(16-9-15-11)17-5-3-2-4-6-17/h7-9,18H,2-6H2,1H3. The van der Waals surface area contributed by atoms with Crippen LogP contribution in [0.25, 0.3) is 10.9 Å². The second-order valence-electron chi connectivity index (χ2n) is 4.79. The molecule has 1 fully saturated rings. The zero-order chi connectivity index (χ0) is 13.2. The Bertz CT molecular complexity index is 595. The third-order valence-electron chi connectivity index (χ3n) is 3.57. The fourth-order valence-corrected chi connectivity index (χ4v) is 2.58. The first-order chi connectivity index (χ1) is 9.29. The summed E-state index contributed by atoms with van der Waals surface area (Å²) in [6, 6.07) is 3.44. The maximum atomic E-state index is 9.93. The van der Waals surface area contributed by atoms with E-state index in [-0.39, 0.29) is 5.75 Å². The van der Waals surface area contributed by atoms with Crippen LogP contribution in [0, 0.1) is 0 Å². The predicted molar refractivity (Wildman–Crippen MR) is 73.8 cm³/mol. The highest BCUT2D eigenvalue weighted by atomic mass is 16.5. The van der Waals surface area contributed by atoms with Crippen molar-refractivity contribution in [3.8, 4) is 11.5 Å². The molecule has 1 aromatic heterocycles. The van der Waals surface area contributed by atoms with E-state index < -0.39 is 0 Å². The van der Waals surface area contributed by atoms with Crippen molar-refractivity contribution in [2.75, 3.05) is 25.1 Å². The van der Waals surface area contributed by atoms with Crippen molar-refractivity contribution in [2.24, 2.45) is 0 Å². The van der Waals surface area contributed by atoms with Gasteiger partial charge in [-0.3, -0.25) is 0 Å². The van der Waals surface area contributed by atoms with Crippen LogP contribution in [0.4, 0.5) is 5.82 Å². The summed E-state index contributed by atoms with van der Waals surface area (Å²) in [5.41, 5.74) is 0.797. The summed E-state index contributed by atoms with van der Waals surface area (Å²) < 4.78 is 5.11. The van der Waals surface area contributed by atoms with E-state index in [1.54, 1.807) is 18.5 Å². The molecule has 1 aliphatic heterocycles. The van der Waals surface area contributed by atoms with Crippen LogP contribution in [-0.2, 0) is 0 Å². The van der Waals surface area contributed by atoms with Gasteiger partial charge in [-0.1, -0.05) is 0 Å². The minimum atomic E-state index is 0.128. The number of ether oxygens (including phenoxy) is 1. The quantitative estimate of drug-likeness (QED) is 0.897. The molecular formula is C14H17N3O2. The first-order valence-electron chi connectivity index (χ1n) is 6.56. The number of hydrogen-bond acceptors (Lipinski definition) is 5. The molecule has 1 aromatic carbocycles. The second-order valence-corrected chi connectivity index (χ2v) is 4.79. The van der Waals surface area contributed by atoms with Gasteiger partial charge in [-0.2, -0.15) is 0 Å². The van der Waals surface area contributed by atoms with Crippen molar-refractivity contribution >= 4 is 16.7 Å². The number of piperidine rings is 1. The maximum absolute atomic E-state index is 9.93. The molecule has 0 aliphatic carbocycles. The Labute approximate surface area is 111 Å². The van der Waals surface area contributed by atoms with E-state index in [1.165, 1.54) is 26.4 Å². The molecule has 3 rings (SSSR count). The molecule has 0 amide bonds. The molecule has 0 radical (unpaired) electrons. The number of phenolic OH excluding ortho intramolecular Hbond substituents is 1. The highest BCUT2D eigenvalue weighted by Gasteiger charge is 2.16. The first kappa shape index (κ1) is 12.0. The lowest BCUT2D eigenvalue weighted by Crippen LogP contribution is -2.30. The van der Waals surface area contributed by atoms with Gasteiger partial charge in [-0.05, 0) is 25.3 Å². The van der Waals surface area contributed by atoms with Crippen LogP contribution >= 0.6 is 0 Å². The molecule has 100 valence electrons. The Kier molecular flexibility index (Phi) is 3.11. The molecule has 19 heavy (non-hydrogen) atoms. The van der Waals surface area contributed by atoms with E-state index in [4.69, 9.17) is 4.74 Å². The number of aromatic nitrogens is 2. The molecule has 2 heterocycles. The molecule has 0 saturated carbocycles. The van der Waals surface area contributed by atoms with Crippen molar-refractivity contribution in [3.63, 3.8) is 0 Å². The normalized spacial score (nSPS) is 15.7. The third kappa shape index (κ3) is 2.16. The molecule has 1 aliphatic rings. The van der Waals surface area contributed by atoms with E-state index in [9.17, 15) is 5.11 Å². The number of fused-ring (bicyclic) bond motifs is 1. The van der Waals surface area contributed by atoms with Gasteiger partial charge in [0.25, 0.3) is 0 Å². The minimum Gasteiger partial charge on any atom is -0.504 e. The average molecular weight is 259 g/mol. The van der Waals surface area contributed by atoms with Gasteiger partial charge in [0.15, 0.2) is 11.5 Å². The van der Waals surface area contributed by atoms with Crippen molar-refractivity contribution in [3.05, 3.63) is 18.5 Å². The summed E-state index contributed by atoms with van der Waals surface area (Å²) in [6.07, 6.45) is 5.22. The molecule has 5 heteroatoms. The lowest BCUT2D eigenvalue weighted by Gasteiger charge is -2.28. The van der Waals surface area contributed by atoms with E-state index in [2.05, 4.69) is 14.9 Å². The van der Waals surface area contributed by atoms with Gasteiger partial charge in [-0.25, -0.2) is 9.97 Å². The molecule has 0 bridgehead atoms. The van der Waals surface area contributed by atoms with E-state index >= 15 is 0 Å². The smallest absolute Gasteiger partial charge is 0.162 e. The topological polar surface area (TPSA) is 58.5 Å². The van der Waals surface area contributed by atoms with Crippen LogP contribution in [0.2, 0.25) is 0 Å². The van der Waals surface area contributed by atoms with Crippen LogP contribution in [0.5, 0.6) is 11.5 Å². The van der Waals surface area contributed by atoms with Crippen molar-refractivity contribution < 1.29 is 9.84 Å². The van der Waals surface area contributed by atoms with E-state index in [0.717, 1.165) is 29.8 Å². The summed E-state index contributed by atoms with van der Waals surface area (Å²) in [6.45, 7) is 2.03. The molecule has 0 unspecified atom stereocenters. The predicted octanol–water partition coefficient (Wildman–Crippen LogP) is 2.33. The average Bonchev–Trinajstić information content (AvgIpc) is 2.47. The highest BCUT2D eigenvalue weighted by Crippen LogP contribution is 2.34. The summed E-state index contributed by atoms with van der Waals surface area (Å²) in [4.78, 5) is 10.9. The van der Waals surface area contributed by atoms with Crippen LogP contribution < -0.4 is 9.64 Å². The number of nitrogens with zero attached hydrogens (tertiary/aromatic N) is 3. The molecule has 0 spiro atoms. The van der Waals surface area contributed by atoms with E-state index in [0.29, 0.717) is 5.75 Å². The fourth-order valence-electron chi connectivity index (χ4n) is 2.58. The molecule has 5 nitrogen and oxygen atoms in total. The number of methoxy groups -OCH3 is 1. The van der Waals surface area contributed by atoms with Crippen molar-refractivity contribution in [1.82, 2.24) is 9.97 Å². The van der Waals surface area contributed by atoms with Gasteiger partial charge in [0.05, 0.1) is 12.6 Å². The monoisotopic (exact) mass is 259 g/mol. The number of rotatable bonds is 2. The summed E-state index contributed by atoms with van der Waals surface area (Å²) in [7, 11) is 1.54. The number of phenols is 1. The fraction of sp³-hybridized carbons (Fsp3) is 0.429. The highest BCUT2D eigenvalue weighted by molar-refractivity contribution is 5.91. The van der Waals surface area contributed by atoms with Crippen molar-refractivity contribution in [2.45, 2.75) is 19.3 Å². The minimum absolute atomic E-state index is 0.128. The zero-order valence-electron chi connectivity index (χ0n) is 11.0. The zero-order valence-corrected chi connectivity index (χ0v) is 11.0. The van der Waals surface area contributed by atoms with Gasteiger partial charge >= 0.3 is 0 Å². The second kappa shape index (κ2) is 4.91. The van der Waals surface area contributed by atoms with Crippen LogP contribution in [-0.4, -0.2) is 35.3 Å². The summed E-state index contributed by atoms with van der Waals surface area (Å²) in [5.74, 6) is 1.47. The molecule has 0 atom stereocenters. The van der Waals surface area contributed by atoms with Gasteiger partial charge in [0.2, 0.25) is 0 Å². The largest absolute Gasteiger partial charge is 0.504 e. The Hall–Kier alpha value is -2.04. The van der Waals surface area contributed by atoms with Crippen molar-refractivity contribution in [1.29, 1.82) is 0 Å². The Morgan fingerprint density at radius 2 is 1.95 bits per heavy atom. The molecule has 1 N–H and O–H groups in total. The van der Waals surface area contributed by atoms with Gasteiger partial charge in [-0.15, -0.1) is 0 Å². The van der Waals surface area contributed by atoms with Gasteiger partial charge < -0.3 is 14.7 Å². The SMILES string of the molecule is COc1cc2ncnc(N3CCCCC3)c2cc1O. The van der Waals surface area contributed by atoms with Crippen LogP contribution in [0.15, 0.2) is 18.5 Å². The summed E-state index contributed by atoms with van der Waals surface area (Å²) in [5, 5.41) is 10.8. The Balaban J connectivity index is 2.11. The first-order valence-corrected chi connectivity index (χ1v) is 6.56. The lowest BCUT2D eigenvalue weighted by molar-refractivity contribution is 0.374. The number of benzene rings is 1. The maximum Gasteiger partial charge on any atom is 0.162 e. The third-order valence-corrected chi connectivity index (χ3v) is 3.57. The summed E-state index contributed by atoms with van der Waals surface area (Å²) >= 11 is 0. The number of anilines is 1. The van der Waals surface area contributed by atoms with Crippen LogP contribution in [0.3, 0.4) is 0 Å². The molecular weight excluding hydrogens is 242 g/mol. The Morgan fingerprint density at radius 1 is 1.16 bits per heavy atom. The Morgan fingerprint density at radius 3 is 2.68 bits per heavy atom.